The van der Waals surface area contributed by atoms with E-state index in [0.717, 1.165) is 6.07 Å². The zero-order valence-electron chi connectivity index (χ0n) is 10.1. The maximum absolute atomic E-state index is 13.5. The van der Waals surface area contributed by atoms with E-state index in [2.05, 4.69) is 4.72 Å². The molecular weight excluding hydrogens is 269 g/mol. The molecule has 2 N–H and O–H groups in total. The summed E-state index contributed by atoms with van der Waals surface area (Å²) in [7, 11) is -4.02. The predicted octanol–water partition coefficient (Wildman–Crippen LogP) is 2.64. The second kappa shape index (κ2) is 4.89. The lowest BCUT2D eigenvalue weighted by molar-refractivity contribution is 0.471. The molecule has 2 rings (SSSR count). The van der Waals surface area contributed by atoms with Gasteiger partial charge in [0.25, 0.3) is 10.0 Å². The van der Waals surface area contributed by atoms with Crippen LogP contribution in [-0.2, 0) is 10.0 Å². The van der Waals surface area contributed by atoms with E-state index in [1.807, 2.05) is 0 Å². The molecule has 6 heteroatoms. The van der Waals surface area contributed by atoms with Crippen molar-refractivity contribution >= 4 is 15.7 Å². The molecule has 0 fully saturated rings. The lowest BCUT2D eigenvalue weighted by atomic mass is 10.2. The van der Waals surface area contributed by atoms with Crippen LogP contribution >= 0.6 is 0 Å². The molecule has 0 heterocycles. The van der Waals surface area contributed by atoms with Gasteiger partial charge in [0.15, 0.2) is 0 Å². The zero-order chi connectivity index (χ0) is 14.0. The summed E-state index contributed by atoms with van der Waals surface area (Å²) in [5.74, 6) is -0.860. The first-order chi connectivity index (χ1) is 8.92. The summed E-state index contributed by atoms with van der Waals surface area (Å²) in [6.45, 7) is 1.56. The van der Waals surface area contributed by atoms with Gasteiger partial charge in [-0.3, -0.25) is 4.72 Å². The molecule has 0 aromatic heterocycles. The summed E-state index contributed by atoms with van der Waals surface area (Å²) >= 11 is 0. The van der Waals surface area contributed by atoms with Crippen molar-refractivity contribution in [3.63, 3.8) is 0 Å². The molecule has 0 aliphatic carbocycles. The molecule has 0 aliphatic heterocycles. The lowest BCUT2D eigenvalue weighted by Gasteiger charge is -2.11. The van der Waals surface area contributed by atoms with Gasteiger partial charge in [-0.15, -0.1) is 0 Å². The SMILES string of the molecule is Cc1c(O)cccc1NS(=O)(=O)c1ccccc1F. The molecule has 0 amide bonds. The molecule has 19 heavy (non-hydrogen) atoms. The highest BCUT2D eigenvalue weighted by Crippen LogP contribution is 2.26. The molecule has 0 unspecified atom stereocenters. The van der Waals surface area contributed by atoms with Crippen LogP contribution < -0.4 is 4.72 Å². The Morgan fingerprint density at radius 2 is 1.79 bits per heavy atom. The van der Waals surface area contributed by atoms with E-state index in [9.17, 15) is 17.9 Å². The van der Waals surface area contributed by atoms with Crippen LogP contribution in [-0.4, -0.2) is 13.5 Å². The monoisotopic (exact) mass is 281 g/mol. The Bertz CT molecular complexity index is 714. The molecule has 0 aliphatic rings. The fourth-order valence-corrected chi connectivity index (χ4v) is 2.80. The number of aromatic hydroxyl groups is 1. The Morgan fingerprint density at radius 1 is 1.11 bits per heavy atom. The van der Waals surface area contributed by atoms with Crippen LogP contribution in [0.25, 0.3) is 0 Å². The van der Waals surface area contributed by atoms with Gasteiger partial charge in [-0.2, -0.15) is 0 Å². The average Bonchev–Trinajstić information content (AvgIpc) is 2.35. The summed E-state index contributed by atoms with van der Waals surface area (Å²) < 4.78 is 39.9. The van der Waals surface area contributed by atoms with Gasteiger partial charge in [-0.1, -0.05) is 18.2 Å². The highest BCUT2D eigenvalue weighted by Gasteiger charge is 2.19. The maximum atomic E-state index is 13.5. The van der Waals surface area contributed by atoms with E-state index < -0.39 is 20.7 Å². The number of sulfonamides is 1. The fourth-order valence-electron chi connectivity index (χ4n) is 1.60. The average molecular weight is 281 g/mol. The minimum atomic E-state index is -4.02. The van der Waals surface area contributed by atoms with E-state index in [1.165, 1.54) is 36.4 Å². The van der Waals surface area contributed by atoms with E-state index >= 15 is 0 Å². The van der Waals surface area contributed by atoms with E-state index in [0.29, 0.717) is 5.56 Å². The highest BCUT2D eigenvalue weighted by molar-refractivity contribution is 7.92. The van der Waals surface area contributed by atoms with Gasteiger partial charge >= 0.3 is 0 Å². The molecule has 100 valence electrons. The third-order valence-electron chi connectivity index (χ3n) is 2.68. The number of nitrogens with one attached hydrogen (secondary N) is 1. The topological polar surface area (TPSA) is 66.4 Å². The van der Waals surface area contributed by atoms with Gasteiger partial charge in [-0.05, 0) is 31.2 Å². The van der Waals surface area contributed by atoms with Crippen molar-refractivity contribution in [2.75, 3.05) is 4.72 Å². The number of phenols is 1. The number of anilines is 1. The Kier molecular flexibility index (Phi) is 3.44. The summed E-state index contributed by atoms with van der Waals surface area (Å²) in [4.78, 5) is -0.433. The van der Waals surface area contributed by atoms with Crippen LogP contribution in [0.15, 0.2) is 47.4 Å². The zero-order valence-corrected chi connectivity index (χ0v) is 10.9. The third-order valence-corrected chi connectivity index (χ3v) is 4.07. The molecule has 4 nitrogen and oxygen atoms in total. The Balaban J connectivity index is 2.43. The summed E-state index contributed by atoms with van der Waals surface area (Å²) in [6.07, 6.45) is 0. The standard InChI is InChI=1S/C13H12FNO3S/c1-9-11(6-4-7-12(9)16)15-19(17,18)13-8-3-2-5-10(13)14/h2-8,15-16H,1H3. The van der Waals surface area contributed by atoms with Crippen LogP contribution in [0.3, 0.4) is 0 Å². The molecule has 0 saturated heterocycles. The van der Waals surface area contributed by atoms with E-state index in [1.54, 1.807) is 6.92 Å². The molecule has 0 radical (unpaired) electrons. The van der Waals surface area contributed by atoms with Crippen LogP contribution in [0.5, 0.6) is 5.75 Å². The number of benzene rings is 2. The van der Waals surface area contributed by atoms with Crippen LogP contribution in [0, 0.1) is 12.7 Å². The minimum absolute atomic E-state index is 0.0336. The van der Waals surface area contributed by atoms with Gasteiger partial charge in [0.1, 0.15) is 16.5 Å². The smallest absolute Gasteiger partial charge is 0.264 e. The number of hydrogen-bond donors (Lipinski definition) is 2. The van der Waals surface area contributed by atoms with Crippen molar-refractivity contribution in [1.82, 2.24) is 0 Å². The second-order valence-electron chi connectivity index (χ2n) is 3.99. The quantitative estimate of drug-likeness (QED) is 0.909. The molecule has 0 atom stereocenters. The largest absolute Gasteiger partial charge is 0.508 e. The molecule has 2 aromatic rings. The van der Waals surface area contributed by atoms with E-state index in [-0.39, 0.29) is 11.4 Å². The second-order valence-corrected chi connectivity index (χ2v) is 5.64. The number of rotatable bonds is 3. The summed E-state index contributed by atoms with van der Waals surface area (Å²) in [6, 6.07) is 9.53. The van der Waals surface area contributed by atoms with Gasteiger partial charge in [0.2, 0.25) is 0 Å². The van der Waals surface area contributed by atoms with Crippen LogP contribution in [0.4, 0.5) is 10.1 Å². The van der Waals surface area contributed by atoms with Gasteiger partial charge in [0.05, 0.1) is 5.69 Å². The van der Waals surface area contributed by atoms with Crippen molar-refractivity contribution in [1.29, 1.82) is 0 Å². The molecule has 2 aromatic carbocycles. The first-order valence-electron chi connectivity index (χ1n) is 5.48. The Hall–Kier alpha value is -2.08. The Morgan fingerprint density at radius 3 is 2.47 bits per heavy atom. The number of hydrogen-bond acceptors (Lipinski definition) is 3. The first kappa shape index (κ1) is 13.4. The van der Waals surface area contributed by atoms with Gasteiger partial charge in [-0.25, -0.2) is 12.8 Å². The Labute approximate surface area is 110 Å². The van der Waals surface area contributed by atoms with Crippen LogP contribution in [0.1, 0.15) is 5.56 Å². The van der Waals surface area contributed by atoms with Crippen LogP contribution in [0.2, 0.25) is 0 Å². The van der Waals surface area contributed by atoms with Crippen molar-refractivity contribution < 1.29 is 17.9 Å². The van der Waals surface area contributed by atoms with Gasteiger partial charge in [0, 0.05) is 5.56 Å². The minimum Gasteiger partial charge on any atom is -0.508 e. The van der Waals surface area contributed by atoms with E-state index in [4.69, 9.17) is 0 Å². The lowest BCUT2D eigenvalue weighted by Crippen LogP contribution is -2.15. The third kappa shape index (κ3) is 2.68. The first-order valence-corrected chi connectivity index (χ1v) is 6.96. The number of phenolic OH excluding ortho intramolecular Hbond substituents is 1. The molecule has 0 bridgehead atoms. The molecule has 0 saturated carbocycles. The number of halogens is 1. The van der Waals surface area contributed by atoms with Gasteiger partial charge < -0.3 is 5.11 Å². The van der Waals surface area contributed by atoms with Crippen molar-refractivity contribution in [3.8, 4) is 5.75 Å². The summed E-state index contributed by atoms with van der Waals surface area (Å²) in [5, 5.41) is 9.51. The maximum Gasteiger partial charge on any atom is 0.264 e. The van der Waals surface area contributed by atoms with Crippen molar-refractivity contribution in [2.24, 2.45) is 0 Å². The predicted molar refractivity (Wildman–Crippen MR) is 70.1 cm³/mol. The summed E-state index contributed by atoms with van der Waals surface area (Å²) in [5.41, 5.74) is 0.589. The van der Waals surface area contributed by atoms with Crippen molar-refractivity contribution in [3.05, 3.63) is 53.8 Å². The fraction of sp³-hybridized carbons (Fsp3) is 0.0769. The normalized spacial score (nSPS) is 11.3. The van der Waals surface area contributed by atoms with Crippen molar-refractivity contribution in [2.45, 2.75) is 11.8 Å². The molecular formula is C13H12FNO3S. The molecule has 0 spiro atoms. The highest BCUT2D eigenvalue weighted by atomic mass is 32.2.